The first-order valence-electron chi connectivity index (χ1n) is 8.31. The molecule has 0 bridgehead atoms. The van der Waals surface area contributed by atoms with Gasteiger partial charge in [0.05, 0.1) is 19.3 Å². The number of esters is 1. The van der Waals surface area contributed by atoms with Gasteiger partial charge in [0.2, 0.25) is 0 Å². The molecule has 0 aliphatic carbocycles. The summed E-state index contributed by atoms with van der Waals surface area (Å²) in [5, 5.41) is 0. The molecule has 0 saturated heterocycles. The van der Waals surface area contributed by atoms with Crippen molar-refractivity contribution in [2.45, 2.75) is 13.5 Å². The molecule has 1 amide bonds. The highest BCUT2D eigenvalue weighted by atomic mass is 16.5. The van der Waals surface area contributed by atoms with E-state index in [1.165, 1.54) is 18.1 Å². The van der Waals surface area contributed by atoms with Crippen molar-refractivity contribution < 1.29 is 23.8 Å². The van der Waals surface area contributed by atoms with Gasteiger partial charge in [-0.15, -0.1) is 0 Å². The number of carbonyl (C=O) groups excluding carboxylic acids is 2. The average molecular weight is 357 g/mol. The molecular weight excluding hydrogens is 334 g/mol. The van der Waals surface area contributed by atoms with Crippen LogP contribution in [0.4, 0.5) is 0 Å². The number of carbonyl (C=O) groups is 2. The molecule has 0 aromatic heterocycles. The zero-order valence-corrected chi connectivity index (χ0v) is 15.2. The third-order valence-corrected chi connectivity index (χ3v) is 3.71. The second kappa shape index (κ2) is 9.46. The van der Waals surface area contributed by atoms with E-state index in [2.05, 4.69) is 0 Å². The van der Waals surface area contributed by atoms with Crippen LogP contribution in [0.25, 0.3) is 0 Å². The topological polar surface area (TPSA) is 65.1 Å². The van der Waals surface area contributed by atoms with E-state index >= 15 is 0 Å². The van der Waals surface area contributed by atoms with E-state index in [0.29, 0.717) is 30.2 Å². The summed E-state index contributed by atoms with van der Waals surface area (Å²) < 4.78 is 15.7. The first-order chi connectivity index (χ1) is 12.5. The maximum atomic E-state index is 12.2. The average Bonchev–Trinajstić information content (AvgIpc) is 2.67. The summed E-state index contributed by atoms with van der Waals surface area (Å²) in [6, 6.07) is 14.4. The van der Waals surface area contributed by atoms with E-state index in [1.807, 2.05) is 37.3 Å². The number of amides is 1. The molecule has 2 rings (SSSR count). The Hall–Kier alpha value is -3.02. The maximum absolute atomic E-state index is 12.2. The molecule has 0 aliphatic rings. The Balaban J connectivity index is 1.92. The molecule has 2 aromatic rings. The molecule has 0 aliphatic heterocycles. The molecule has 26 heavy (non-hydrogen) atoms. The Morgan fingerprint density at radius 1 is 1.04 bits per heavy atom. The quantitative estimate of drug-likeness (QED) is 0.680. The number of methoxy groups -OCH3 is 1. The summed E-state index contributed by atoms with van der Waals surface area (Å²) in [6.45, 7) is 2.48. The molecule has 2 aromatic carbocycles. The second-order valence-electron chi connectivity index (χ2n) is 5.61. The van der Waals surface area contributed by atoms with Gasteiger partial charge in [0.1, 0.15) is 0 Å². The largest absolute Gasteiger partial charge is 0.493 e. The van der Waals surface area contributed by atoms with E-state index in [9.17, 15) is 9.59 Å². The zero-order chi connectivity index (χ0) is 18.9. The van der Waals surface area contributed by atoms with E-state index in [4.69, 9.17) is 14.2 Å². The molecule has 0 radical (unpaired) electrons. The van der Waals surface area contributed by atoms with Gasteiger partial charge in [0.25, 0.3) is 5.91 Å². The highest BCUT2D eigenvalue weighted by Gasteiger charge is 2.16. The zero-order valence-electron chi connectivity index (χ0n) is 15.2. The fourth-order valence-electron chi connectivity index (χ4n) is 2.34. The van der Waals surface area contributed by atoms with Gasteiger partial charge in [-0.3, -0.25) is 4.79 Å². The molecule has 0 spiro atoms. The third-order valence-electron chi connectivity index (χ3n) is 3.71. The molecule has 0 heterocycles. The molecule has 0 fully saturated rings. The van der Waals surface area contributed by atoms with Crippen LogP contribution in [-0.4, -0.2) is 44.1 Å². The molecule has 138 valence electrons. The van der Waals surface area contributed by atoms with Gasteiger partial charge in [-0.25, -0.2) is 4.79 Å². The second-order valence-corrected chi connectivity index (χ2v) is 5.61. The SMILES string of the molecule is CCOc1ccc(C(=O)OCC(=O)N(C)Cc2ccccc2)cc1OC. The van der Waals surface area contributed by atoms with Gasteiger partial charge in [-0.05, 0) is 30.7 Å². The molecule has 0 N–H and O–H groups in total. The molecule has 6 heteroatoms. The lowest BCUT2D eigenvalue weighted by Crippen LogP contribution is -2.30. The highest BCUT2D eigenvalue weighted by molar-refractivity contribution is 5.92. The summed E-state index contributed by atoms with van der Waals surface area (Å²) in [7, 11) is 3.16. The lowest BCUT2D eigenvalue weighted by Gasteiger charge is -2.17. The van der Waals surface area contributed by atoms with Crippen LogP contribution >= 0.6 is 0 Å². The molecular formula is C20H23NO5. The Morgan fingerprint density at radius 3 is 2.42 bits per heavy atom. The summed E-state index contributed by atoms with van der Waals surface area (Å²) in [5.74, 6) is 0.118. The van der Waals surface area contributed by atoms with Gasteiger partial charge in [-0.1, -0.05) is 30.3 Å². The molecule has 0 atom stereocenters. The summed E-state index contributed by atoms with van der Waals surface area (Å²) in [6.07, 6.45) is 0. The smallest absolute Gasteiger partial charge is 0.338 e. The van der Waals surface area contributed by atoms with Crippen molar-refractivity contribution in [3.8, 4) is 11.5 Å². The Bertz CT molecular complexity index is 745. The van der Waals surface area contributed by atoms with Crippen molar-refractivity contribution in [3.63, 3.8) is 0 Å². The number of nitrogens with zero attached hydrogens (tertiary/aromatic N) is 1. The van der Waals surface area contributed by atoms with Crippen LogP contribution in [0.2, 0.25) is 0 Å². The Kier molecular flexibility index (Phi) is 7.02. The first-order valence-corrected chi connectivity index (χ1v) is 8.31. The van der Waals surface area contributed by atoms with Crippen LogP contribution in [0.1, 0.15) is 22.8 Å². The number of hydrogen-bond donors (Lipinski definition) is 0. The van der Waals surface area contributed by atoms with Crippen molar-refractivity contribution in [1.82, 2.24) is 4.90 Å². The van der Waals surface area contributed by atoms with Crippen molar-refractivity contribution in [1.29, 1.82) is 0 Å². The van der Waals surface area contributed by atoms with E-state index in [0.717, 1.165) is 5.56 Å². The number of likely N-dealkylation sites (N-methyl/N-ethyl adjacent to an activating group) is 1. The fourth-order valence-corrected chi connectivity index (χ4v) is 2.34. The van der Waals surface area contributed by atoms with Crippen molar-refractivity contribution in [2.75, 3.05) is 27.4 Å². The molecule has 0 saturated carbocycles. The van der Waals surface area contributed by atoms with Gasteiger partial charge >= 0.3 is 5.97 Å². The lowest BCUT2D eigenvalue weighted by molar-refractivity contribution is -0.133. The van der Waals surface area contributed by atoms with Crippen molar-refractivity contribution >= 4 is 11.9 Å². The minimum absolute atomic E-state index is 0.278. The maximum Gasteiger partial charge on any atom is 0.338 e. The lowest BCUT2D eigenvalue weighted by atomic mass is 10.2. The fraction of sp³-hybridized carbons (Fsp3) is 0.300. The number of benzene rings is 2. The summed E-state index contributed by atoms with van der Waals surface area (Å²) in [4.78, 5) is 25.8. The number of hydrogen-bond acceptors (Lipinski definition) is 5. The minimum Gasteiger partial charge on any atom is -0.493 e. The van der Waals surface area contributed by atoms with Gasteiger partial charge in [0, 0.05) is 13.6 Å². The minimum atomic E-state index is -0.590. The predicted octanol–water partition coefficient (Wildman–Crippen LogP) is 2.91. The van der Waals surface area contributed by atoms with Gasteiger partial charge < -0.3 is 19.1 Å². The standard InChI is InChI=1S/C20H23NO5/c1-4-25-17-11-10-16(12-18(17)24-3)20(23)26-14-19(22)21(2)13-15-8-6-5-7-9-15/h5-12H,4,13-14H2,1-3H3. The van der Waals surface area contributed by atoms with Crippen molar-refractivity contribution in [2.24, 2.45) is 0 Å². The van der Waals surface area contributed by atoms with Crippen LogP contribution in [0.3, 0.4) is 0 Å². The molecule has 6 nitrogen and oxygen atoms in total. The molecule has 0 unspecified atom stereocenters. The van der Waals surface area contributed by atoms with Gasteiger partial charge in [0.15, 0.2) is 18.1 Å². The van der Waals surface area contributed by atoms with E-state index in [1.54, 1.807) is 19.2 Å². The number of rotatable bonds is 8. The van der Waals surface area contributed by atoms with Crippen LogP contribution in [0, 0.1) is 0 Å². The first kappa shape index (κ1) is 19.3. The van der Waals surface area contributed by atoms with Gasteiger partial charge in [-0.2, -0.15) is 0 Å². The third kappa shape index (κ3) is 5.24. The predicted molar refractivity (Wildman–Crippen MR) is 97.4 cm³/mol. The summed E-state index contributed by atoms with van der Waals surface area (Å²) >= 11 is 0. The highest BCUT2D eigenvalue weighted by Crippen LogP contribution is 2.28. The van der Waals surface area contributed by atoms with E-state index < -0.39 is 5.97 Å². The number of ether oxygens (including phenoxy) is 3. The van der Waals surface area contributed by atoms with Crippen LogP contribution in [-0.2, 0) is 16.1 Å². The summed E-state index contributed by atoms with van der Waals surface area (Å²) in [5.41, 5.74) is 1.30. The van der Waals surface area contributed by atoms with Crippen molar-refractivity contribution in [3.05, 3.63) is 59.7 Å². The Morgan fingerprint density at radius 2 is 1.77 bits per heavy atom. The monoisotopic (exact) mass is 357 g/mol. The van der Waals surface area contributed by atoms with E-state index in [-0.39, 0.29) is 12.5 Å². The van der Waals surface area contributed by atoms with Crippen LogP contribution in [0.5, 0.6) is 11.5 Å². The van der Waals surface area contributed by atoms with Crippen LogP contribution in [0.15, 0.2) is 48.5 Å². The Labute approximate surface area is 153 Å². The normalized spacial score (nSPS) is 10.1. The van der Waals surface area contributed by atoms with Crippen LogP contribution < -0.4 is 9.47 Å².